The summed E-state index contributed by atoms with van der Waals surface area (Å²) in [4.78, 5) is 18.1. The highest BCUT2D eigenvalue weighted by molar-refractivity contribution is 6.01. The number of carbonyl (C=O) groups excluding carboxylic acids is 1. The van der Waals surface area contributed by atoms with Crippen molar-refractivity contribution in [1.29, 1.82) is 0 Å². The minimum absolute atomic E-state index is 0.169. The van der Waals surface area contributed by atoms with Gasteiger partial charge in [0.05, 0.1) is 0 Å². The van der Waals surface area contributed by atoms with Crippen molar-refractivity contribution >= 4 is 22.5 Å². The number of rotatable bonds is 2. The van der Waals surface area contributed by atoms with Crippen LogP contribution in [0.4, 0.5) is 5.95 Å². The Balaban J connectivity index is 1.52. The molecule has 2 atom stereocenters. The van der Waals surface area contributed by atoms with Gasteiger partial charge < -0.3 is 5.32 Å². The van der Waals surface area contributed by atoms with Crippen molar-refractivity contribution in [3.8, 4) is 0 Å². The highest BCUT2D eigenvalue weighted by Crippen LogP contribution is 2.45. The summed E-state index contributed by atoms with van der Waals surface area (Å²) >= 11 is 0. The number of anilines is 1. The quantitative estimate of drug-likeness (QED) is 0.500. The summed E-state index contributed by atoms with van der Waals surface area (Å²) < 4.78 is 1.85. The van der Waals surface area contributed by atoms with E-state index in [9.17, 15) is 4.79 Å². The van der Waals surface area contributed by atoms with Gasteiger partial charge in [-0.2, -0.15) is 10.1 Å². The Kier molecular flexibility index (Phi) is 4.03. The van der Waals surface area contributed by atoms with Crippen molar-refractivity contribution in [1.82, 2.24) is 14.8 Å². The van der Waals surface area contributed by atoms with Crippen LogP contribution in [0, 0.1) is 6.92 Å². The van der Waals surface area contributed by atoms with Gasteiger partial charge in [-0.3, -0.25) is 4.79 Å². The maximum atomic E-state index is 13.6. The lowest BCUT2D eigenvalue weighted by atomic mass is 9.76. The lowest BCUT2D eigenvalue weighted by molar-refractivity contribution is -0.116. The summed E-state index contributed by atoms with van der Waals surface area (Å²) in [6.07, 6.45) is 2.86. The van der Waals surface area contributed by atoms with Crippen molar-refractivity contribution in [2.75, 3.05) is 5.32 Å². The van der Waals surface area contributed by atoms with Crippen LogP contribution in [-0.2, 0) is 4.79 Å². The van der Waals surface area contributed by atoms with E-state index in [-0.39, 0.29) is 17.7 Å². The molecular weight excluding hydrogens is 384 g/mol. The zero-order chi connectivity index (χ0) is 20.9. The van der Waals surface area contributed by atoms with Crippen LogP contribution in [0.15, 0.2) is 84.3 Å². The van der Waals surface area contributed by atoms with E-state index in [1.54, 1.807) is 6.33 Å². The van der Waals surface area contributed by atoms with Gasteiger partial charge in [0, 0.05) is 17.7 Å². The van der Waals surface area contributed by atoms with E-state index in [0.717, 1.165) is 34.0 Å². The molecule has 1 aliphatic carbocycles. The zero-order valence-electron chi connectivity index (χ0n) is 17.2. The third kappa shape index (κ3) is 2.81. The second kappa shape index (κ2) is 6.91. The number of hydrogen-bond donors (Lipinski definition) is 1. The van der Waals surface area contributed by atoms with E-state index < -0.39 is 0 Å². The smallest absolute Gasteiger partial charge is 0.226 e. The Morgan fingerprint density at radius 1 is 0.935 bits per heavy atom. The van der Waals surface area contributed by atoms with Gasteiger partial charge in [0.15, 0.2) is 5.78 Å². The lowest BCUT2D eigenvalue weighted by Gasteiger charge is -2.35. The van der Waals surface area contributed by atoms with Crippen LogP contribution in [0.2, 0.25) is 0 Å². The van der Waals surface area contributed by atoms with Crippen LogP contribution >= 0.6 is 0 Å². The molecule has 0 saturated carbocycles. The Morgan fingerprint density at radius 3 is 2.61 bits per heavy atom. The van der Waals surface area contributed by atoms with Gasteiger partial charge in [0.2, 0.25) is 5.95 Å². The Hall–Kier alpha value is -3.73. The molecule has 4 aromatic rings. The number of allylic oxidation sites excluding steroid dienone is 2. The van der Waals surface area contributed by atoms with Crippen molar-refractivity contribution in [3.05, 3.63) is 101 Å². The average Bonchev–Trinajstić information content (AvgIpc) is 3.26. The molecule has 0 spiro atoms. The molecule has 0 unspecified atom stereocenters. The average molecular weight is 406 g/mol. The molecule has 152 valence electrons. The molecule has 0 fully saturated rings. The second-order valence-electron chi connectivity index (χ2n) is 8.40. The number of fused-ring (bicyclic) bond motifs is 2. The van der Waals surface area contributed by atoms with Crippen LogP contribution in [-0.4, -0.2) is 20.5 Å². The Bertz CT molecular complexity index is 1360. The fourth-order valence-electron chi connectivity index (χ4n) is 5.19. The maximum absolute atomic E-state index is 13.6. The number of nitrogens with zero attached hydrogens (tertiary/aromatic N) is 3. The number of aryl methyl sites for hydroxylation is 1. The van der Waals surface area contributed by atoms with Gasteiger partial charge in [-0.1, -0.05) is 66.7 Å². The SMILES string of the molecule is Cc1ccccc1[C@@H]1CC(=O)C2=C(C1)Nc1ncnn1[C@H]2c1cccc2ccccc12. The minimum atomic E-state index is -0.273. The predicted molar refractivity (Wildman–Crippen MR) is 121 cm³/mol. The van der Waals surface area contributed by atoms with Crippen molar-refractivity contribution in [2.45, 2.75) is 31.7 Å². The lowest BCUT2D eigenvalue weighted by Crippen LogP contribution is -2.33. The van der Waals surface area contributed by atoms with Gasteiger partial charge >= 0.3 is 0 Å². The van der Waals surface area contributed by atoms with Crippen LogP contribution in [0.5, 0.6) is 0 Å². The first kappa shape index (κ1) is 18.1. The topological polar surface area (TPSA) is 59.8 Å². The minimum Gasteiger partial charge on any atom is -0.328 e. The molecular formula is C26H22N4O. The summed E-state index contributed by atoms with van der Waals surface area (Å²) in [6.45, 7) is 2.12. The first-order valence-corrected chi connectivity index (χ1v) is 10.7. The normalized spacial score (nSPS) is 20.4. The van der Waals surface area contributed by atoms with E-state index in [4.69, 9.17) is 0 Å². The second-order valence-corrected chi connectivity index (χ2v) is 8.40. The van der Waals surface area contributed by atoms with E-state index in [1.165, 1.54) is 11.1 Å². The standard InChI is InChI=1S/C26H22N4O/c1-16-7-2-4-10-19(16)18-13-22-24(23(31)14-18)25(30-26(29-22)27-15-28-30)21-12-6-9-17-8-3-5-11-20(17)21/h2-12,15,18,25H,13-14H2,1H3,(H,27,28,29)/t18-,25-/m0/s1. The Morgan fingerprint density at radius 2 is 1.71 bits per heavy atom. The number of ketones is 1. The third-order valence-electron chi connectivity index (χ3n) is 6.61. The molecule has 0 saturated heterocycles. The molecule has 2 heterocycles. The zero-order valence-corrected chi connectivity index (χ0v) is 17.2. The number of benzene rings is 3. The number of carbonyl (C=O) groups is 1. The number of nitrogens with one attached hydrogen (secondary N) is 1. The fraction of sp³-hybridized carbons (Fsp3) is 0.192. The van der Waals surface area contributed by atoms with Gasteiger partial charge in [-0.15, -0.1) is 0 Å². The summed E-state index contributed by atoms with van der Waals surface area (Å²) in [7, 11) is 0. The van der Waals surface area contributed by atoms with Gasteiger partial charge in [0.1, 0.15) is 12.4 Å². The highest BCUT2D eigenvalue weighted by Gasteiger charge is 2.39. The molecule has 1 aromatic heterocycles. The summed E-state index contributed by atoms with van der Waals surface area (Å²) in [5.74, 6) is 1.04. The molecule has 1 aliphatic heterocycles. The molecule has 6 rings (SSSR count). The number of aromatic nitrogens is 3. The van der Waals surface area contributed by atoms with Crippen LogP contribution in [0.3, 0.4) is 0 Å². The van der Waals surface area contributed by atoms with Crippen LogP contribution < -0.4 is 5.32 Å². The maximum Gasteiger partial charge on any atom is 0.226 e. The highest BCUT2D eigenvalue weighted by atomic mass is 16.1. The molecule has 3 aromatic carbocycles. The molecule has 0 bridgehead atoms. The van der Waals surface area contributed by atoms with Crippen molar-refractivity contribution in [2.24, 2.45) is 0 Å². The molecule has 5 nitrogen and oxygen atoms in total. The first-order valence-electron chi connectivity index (χ1n) is 10.7. The van der Waals surface area contributed by atoms with Crippen molar-refractivity contribution in [3.63, 3.8) is 0 Å². The third-order valence-corrected chi connectivity index (χ3v) is 6.61. The molecule has 2 aliphatic rings. The van der Waals surface area contributed by atoms with E-state index in [2.05, 4.69) is 70.9 Å². The predicted octanol–water partition coefficient (Wildman–Crippen LogP) is 5.16. The molecule has 5 heteroatoms. The number of Topliss-reactive ketones (excluding diaryl/α,β-unsaturated/α-hetero) is 1. The van der Waals surface area contributed by atoms with E-state index in [0.29, 0.717) is 12.4 Å². The molecule has 1 N–H and O–H groups in total. The van der Waals surface area contributed by atoms with E-state index in [1.807, 2.05) is 22.9 Å². The molecule has 31 heavy (non-hydrogen) atoms. The molecule has 0 amide bonds. The van der Waals surface area contributed by atoms with E-state index >= 15 is 0 Å². The largest absolute Gasteiger partial charge is 0.328 e. The van der Waals surface area contributed by atoms with Gasteiger partial charge in [-0.05, 0) is 46.7 Å². The van der Waals surface area contributed by atoms with Crippen LogP contribution in [0.1, 0.15) is 41.5 Å². The summed E-state index contributed by atoms with van der Waals surface area (Å²) in [5.41, 5.74) is 5.36. The summed E-state index contributed by atoms with van der Waals surface area (Å²) in [6, 6.07) is 22.7. The fourth-order valence-corrected chi connectivity index (χ4v) is 5.19. The van der Waals surface area contributed by atoms with Crippen molar-refractivity contribution < 1.29 is 4.79 Å². The monoisotopic (exact) mass is 406 g/mol. The summed E-state index contributed by atoms with van der Waals surface area (Å²) in [5, 5.41) is 10.2. The number of hydrogen-bond acceptors (Lipinski definition) is 4. The first-order chi connectivity index (χ1) is 15.2. The van der Waals surface area contributed by atoms with Crippen LogP contribution in [0.25, 0.3) is 10.8 Å². The van der Waals surface area contributed by atoms with Gasteiger partial charge in [0.25, 0.3) is 0 Å². The van der Waals surface area contributed by atoms with Gasteiger partial charge in [-0.25, -0.2) is 4.68 Å². The molecule has 0 radical (unpaired) electrons. The Labute approximate surface area is 180 Å².